The first-order chi connectivity index (χ1) is 12.2. The van der Waals surface area contributed by atoms with Crippen LogP contribution in [0.5, 0.6) is 0 Å². The monoisotopic (exact) mass is 472 g/mol. The first-order valence-electron chi connectivity index (χ1n) is 8.87. The summed E-state index contributed by atoms with van der Waals surface area (Å²) in [6, 6.07) is 16.7. The Bertz CT molecular complexity index is 816. The van der Waals surface area contributed by atoms with Crippen LogP contribution in [0.2, 0.25) is 0 Å². The van der Waals surface area contributed by atoms with E-state index in [2.05, 4.69) is 87.0 Å². The molecular weight excluding hydrogens is 447 g/mol. The molecule has 4 nitrogen and oxygen atoms in total. The van der Waals surface area contributed by atoms with Gasteiger partial charge in [-0.25, -0.2) is 4.98 Å². The Labute approximate surface area is 182 Å². The zero-order valence-corrected chi connectivity index (χ0v) is 18.9. The van der Waals surface area contributed by atoms with Crippen molar-refractivity contribution in [2.75, 3.05) is 25.0 Å². The topological polar surface area (TPSA) is 33.1 Å². The summed E-state index contributed by atoms with van der Waals surface area (Å²) in [6.45, 7) is 9.30. The molecule has 1 N–H and O–H groups in total. The van der Waals surface area contributed by atoms with E-state index in [0.717, 1.165) is 48.7 Å². The van der Waals surface area contributed by atoms with Crippen molar-refractivity contribution < 1.29 is 0 Å². The average molecular weight is 474 g/mol. The number of halogens is 3. The molecule has 0 radical (unpaired) electrons. The van der Waals surface area contributed by atoms with Gasteiger partial charge in [-0.3, -0.25) is 0 Å². The van der Waals surface area contributed by atoms with Crippen LogP contribution in [0.15, 0.2) is 53.0 Å². The summed E-state index contributed by atoms with van der Waals surface area (Å²) in [6.07, 6.45) is 0. The largest absolute Gasteiger partial charge is 0.352 e. The van der Waals surface area contributed by atoms with Gasteiger partial charge < -0.3 is 14.8 Å². The highest BCUT2D eigenvalue weighted by Crippen LogP contribution is 2.20. The standard InChI is InChI=1S/C20H25BrN4.2ClH/c1-3-24(4-2)13-14-25-19-8-6-5-7-18(19)23-20(25)22-15-16-9-11-17(21)12-10-16;;/h5-12H,3-4,13-15H2,1-2H3,(H,22,23);2*1H. The SMILES string of the molecule is CCN(CC)CCn1c(NCc2ccc(Br)cc2)nc2ccccc21.Cl.Cl. The van der Waals surface area contributed by atoms with E-state index in [-0.39, 0.29) is 24.8 Å². The minimum atomic E-state index is 0. The Morgan fingerprint density at radius 3 is 2.33 bits per heavy atom. The number of para-hydroxylation sites is 2. The number of fused-ring (bicyclic) bond motifs is 1. The maximum Gasteiger partial charge on any atom is 0.204 e. The predicted octanol–water partition coefficient (Wildman–Crippen LogP) is 5.60. The van der Waals surface area contributed by atoms with E-state index in [1.807, 2.05) is 6.07 Å². The zero-order valence-electron chi connectivity index (χ0n) is 15.7. The van der Waals surface area contributed by atoms with Crippen LogP contribution in [0.1, 0.15) is 19.4 Å². The van der Waals surface area contributed by atoms with E-state index in [9.17, 15) is 0 Å². The molecule has 0 atom stereocenters. The molecule has 0 spiro atoms. The molecule has 3 rings (SSSR count). The van der Waals surface area contributed by atoms with Crippen molar-refractivity contribution in [1.82, 2.24) is 14.5 Å². The van der Waals surface area contributed by atoms with E-state index < -0.39 is 0 Å². The number of nitrogens with one attached hydrogen (secondary N) is 1. The molecular formula is C20H27BrCl2N4. The lowest BCUT2D eigenvalue weighted by Crippen LogP contribution is -2.27. The third-order valence-electron chi connectivity index (χ3n) is 4.55. The third-order valence-corrected chi connectivity index (χ3v) is 5.08. The number of aromatic nitrogens is 2. The molecule has 0 unspecified atom stereocenters. The van der Waals surface area contributed by atoms with Gasteiger partial charge in [0.15, 0.2) is 0 Å². The van der Waals surface area contributed by atoms with Crippen LogP contribution in [0, 0.1) is 0 Å². The van der Waals surface area contributed by atoms with Gasteiger partial charge in [-0.1, -0.05) is 54.0 Å². The average Bonchev–Trinajstić information content (AvgIpc) is 3.00. The van der Waals surface area contributed by atoms with Crippen molar-refractivity contribution in [2.24, 2.45) is 0 Å². The van der Waals surface area contributed by atoms with Gasteiger partial charge in [0, 0.05) is 24.1 Å². The molecule has 3 aromatic rings. The quantitative estimate of drug-likeness (QED) is 0.462. The van der Waals surface area contributed by atoms with Crippen molar-refractivity contribution in [3.8, 4) is 0 Å². The molecule has 2 aromatic carbocycles. The van der Waals surface area contributed by atoms with Gasteiger partial charge in [-0.2, -0.15) is 0 Å². The molecule has 0 fully saturated rings. The zero-order chi connectivity index (χ0) is 17.6. The Morgan fingerprint density at radius 2 is 1.67 bits per heavy atom. The number of nitrogens with zero attached hydrogens (tertiary/aromatic N) is 3. The lowest BCUT2D eigenvalue weighted by Gasteiger charge is -2.19. The van der Waals surface area contributed by atoms with E-state index in [1.54, 1.807) is 0 Å². The lowest BCUT2D eigenvalue weighted by atomic mass is 10.2. The highest BCUT2D eigenvalue weighted by Gasteiger charge is 2.11. The summed E-state index contributed by atoms with van der Waals surface area (Å²) in [4.78, 5) is 7.24. The van der Waals surface area contributed by atoms with Gasteiger partial charge in [0.1, 0.15) is 0 Å². The molecule has 0 aliphatic carbocycles. The van der Waals surface area contributed by atoms with E-state index >= 15 is 0 Å². The molecule has 0 bridgehead atoms. The normalized spacial score (nSPS) is 10.5. The Hall–Kier alpha value is -1.27. The Morgan fingerprint density at radius 1 is 1.00 bits per heavy atom. The van der Waals surface area contributed by atoms with Crippen molar-refractivity contribution in [3.05, 3.63) is 58.6 Å². The van der Waals surface area contributed by atoms with Crippen molar-refractivity contribution in [3.63, 3.8) is 0 Å². The van der Waals surface area contributed by atoms with Gasteiger partial charge in [0.05, 0.1) is 11.0 Å². The maximum absolute atomic E-state index is 4.80. The highest BCUT2D eigenvalue weighted by atomic mass is 79.9. The van der Waals surface area contributed by atoms with Crippen molar-refractivity contribution in [2.45, 2.75) is 26.9 Å². The summed E-state index contributed by atoms with van der Waals surface area (Å²) in [7, 11) is 0. The fraction of sp³-hybridized carbons (Fsp3) is 0.350. The van der Waals surface area contributed by atoms with Crippen LogP contribution >= 0.6 is 40.7 Å². The minimum Gasteiger partial charge on any atom is -0.352 e. The van der Waals surface area contributed by atoms with Crippen LogP contribution < -0.4 is 5.32 Å². The molecule has 0 aliphatic heterocycles. The van der Waals surface area contributed by atoms with Crippen LogP contribution in [0.3, 0.4) is 0 Å². The fourth-order valence-corrected chi connectivity index (χ4v) is 3.27. The van der Waals surface area contributed by atoms with Crippen molar-refractivity contribution >= 4 is 57.7 Å². The first-order valence-corrected chi connectivity index (χ1v) is 9.66. The summed E-state index contributed by atoms with van der Waals surface area (Å²) >= 11 is 3.48. The smallest absolute Gasteiger partial charge is 0.204 e. The molecule has 1 heterocycles. The molecule has 0 aliphatic rings. The second-order valence-corrected chi connectivity index (χ2v) is 7.00. The molecule has 1 aromatic heterocycles. The van der Waals surface area contributed by atoms with Crippen LogP contribution in [-0.4, -0.2) is 34.1 Å². The highest BCUT2D eigenvalue weighted by molar-refractivity contribution is 9.10. The fourth-order valence-electron chi connectivity index (χ4n) is 3.00. The lowest BCUT2D eigenvalue weighted by molar-refractivity contribution is 0.292. The van der Waals surface area contributed by atoms with Crippen LogP contribution in [0.4, 0.5) is 5.95 Å². The molecule has 148 valence electrons. The third kappa shape index (κ3) is 6.11. The van der Waals surface area contributed by atoms with Gasteiger partial charge in [-0.15, -0.1) is 24.8 Å². The molecule has 7 heteroatoms. The van der Waals surface area contributed by atoms with Crippen LogP contribution in [-0.2, 0) is 13.1 Å². The molecule has 0 saturated heterocycles. The molecule has 0 saturated carbocycles. The van der Waals surface area contributed by atoms with Gasteiger partial charge >= 0.3 is 0 Å². The number of anilines is 1. The summed E-state index contributed by atoms with van der Waals surface area (Å²) in [5.41, 5.74) is 3.47. The minimum absolute atomic E-state index is 0. The van der Waals surface area contributed by atoms with E-state index in [0.29, 0.717) is 0 Å². The number of imidazole rings is 1. The van der Waals surface area contributed by atoms with Gasteiger partial charge in [0.2, 0.25) is 5.95 Å². The number of rotatable bonds is 8. The second kappa shape index (κ2) is 11.5. The second-order valence-electron chi connectivity index (χ2n) is 6.08. The Kier molecular flexibility index (Phi) is 10.2. The molecule has 0 amide bonds. The van der Waals surface area contributed by atoms with E-state index in [4.69, 9.17) is 4.98 Å². The number of benzene rings is 2. The van der Waals surface area contributed by atoms with Crippen LogP contribution in [0.25, 0.3) is 11.0 Å². The summed E-state index contributed by atoms with van der Waals surface area (Å²) in [5, 5.41) is 3.52. The summed E-state index contributed by atoms with van der Waals surface area (Å²) in [5.74, 6) is 0.941. The van der Waals surface area contributed by atoms with E-state index in [1.165, 1.54) is 11.1 Å². The summed E-state index contributed by atoms with van der Waals surface area (Å²) < 4.78 is 3.40. The molecule has 27 heavy (non-hydrogen) atoms. The Balaban J connectivity index is 0.00000182. The predicted molar refractivity (Wildman–Crippen MR) is 123 cm³/mol. The van der Waals surface area contributed by atoms with Crippen molar-refractivity contribution in [1.29, 1.82) is 0 Å². The number of likely N-dealkylation sites (N-methyl/N-ethyl adjacent to an activating group) is 1. The first kappa shape index (κ1) is 23.8. The van der Waals surface area contributed by atoms with Gasteiger partial charge in [-0.05, 0) is 42.9 Å². The number of hydrogen-bond acceptors (Lipinski definition) is 3. The number of hydrogen-bond donors (Lipinski definition) is 1. The van der Waals surface area contributed by atoms with Gasteiger partial charge in [0.25, 0.3) is 0 Å². The maximum atomic E-state index is 4.80.